The summed E-state index contributed by atoms with van der Waals surface area (Å²) in [5, 5.41) is 3.77. The number of hydrogen-bond donors (Lipinski definition) is 0. The number of carbonyl (C=O) groups is 2. The van der Waals surface area contributed by atoms with E-state index >= 15 is 0 Å². The number of hydrogen-bond acceptors (Lipinski definition) is 5. The van der Waals surface area contributed by atoms with Gasteiger partial charge in [0.15, 0.2) is 0 Å². The smallest absolute Gasteiger partial charge is 0.292 e. The molecule has 8 heteroatoms. The Morgan fingerprint density at radius 2 is 1.55 bits per heavy atom. The molecule has 0 radical (unpaired) electrons. The summed E-state index contributed by atoms with van der Waals surface area (Å²) in [5.74, 6) is 0.816. The topological polar surface area (TPSA) is 80.8 Å². The number of nitrogens with zero attached hydrogens (tertiary/aromatic N) is 4. The van der Waals surface area contributed by atoms with Gasteiger partial charge in [0.1, 0.15) is 5.75 Å². The second-order valence-electron chi connectivity index (χ2n) is 7.74. The molecule has 2 aromatic heterocycles. The number of carbonyl (C=O) groups excluding carboxylic acids is 2. The van der Waals surface area contributed by atoms with Gasteiger partial charge in [-0.2, -0.15) is 0 Å². The van der Waals surface area contributed by atoms with Gasteiger partial charge >= 0.3 is 0 Å². The van der Waals surface area contributed by atoms with Gasteiger partial charge < -0.3 is 23.6 Å². The minimum atomic E-state index is -0.189. The third-order valence-electron chi connectivity index (χ3n) is 5.69. The molecule has 3 aromatic rings. The molecule has 0 aliphatic carbocycles. The first-order valence-electron chi connectivity index (χ1n) is 10.2. The van der Waals surface area contributed by atoms with E-state index in [1.54, 1.807) is 29.9 Å². The van der Waals surface area contributed by atoms with Crippen LogP contribution in [-0.4, -0.2) is 64.6 Å². The van der Waals surface area contributed by atoms with Crippen molar-refractivity contribution in [3.8, 4) is 11.4 Å². The molecular formula is C23H26N4O4. The number of piperazine rings is 1. The fourth-order valence-corrected chi connectivity index (χ4v) is 4.01. The maximum absolute atomic E-state index is 13.2. The van der Waals surface area contributed by atoms with E-state index in [2.05, 4.69) is 9.72 Å². The third-order valence-corrected chi connectivity index (χ3v) is 5.69. The van der Waals surface area contributed by atoms with Gasteiger partial charge in [-0.25, -0.2) is 0 Å². The molecule has 0 atom stereocenters. The lowest BCUT2D eigenvalue weighted by atomic mass is 10.2. The van der Waals surface area contributed by atoms with Crippen LogP contribution in [-0.2, 0) is 0 Å². The Balaban J connectivity index is 1.47. The van der Waals surface area contributed by atoms with E-state index in [0.29, 0.717) is 37.4 Å². The van der Waals surface area contributed by atoms with Crippen LogP contribution in [0.25, 0.3) is 5.69 Å². The molecule has 8 nitrogen and oxygen atoms in total. The Bertz CT molecular complexity index is 1110. The fourth-order valence-electron chi connectivity index (χ4n) is 4.01. The summed E-state index contributed by atoms with van der Waals surface area (Å²) >= 11 is 0. The van der Waals surface area contributed by atoms with Crippen LogP contribution in [0.15, 0.2) is 40.9 Å². The number of ether oxygens (including phenoxy) is 1. The quantitative estimate of drug-likeness (QED) is 0.646. The van der Waals surface area contributed by atoms with E-state index in [1.807, 2.05) is 44.2 Å². The number of benzene rings is 1. The molecule has 0 bridgehead atoms. The normalized spacial score (nSPS) is 14.1. The number of rotatable bonds is 4. The average Bonchev–Trinajstić information content (AvgIpc) is 3.35. The highest BCUT2D eigenvalue weighted by Crippen LogP contribution is 2.24. The van der Waals surface area contributed by atoms with Crippen LogP contribution >= 0.6 is 0 Å². The minimum absolute atomic E-state index is 0.0181. The van der Waals surface area contributed by atoms with E-state index in [-0.39, 0.29) is 17.6 Å². The molecule has 4 rings (SSSR count). The maximum Gasteiger partial charge on any atom is 0.292 e. The van der Waals surface area contributed by atoms with Crippen molar-refractivity contribution in [2.24, 2.45) is 0 Å². The van der Waals surface area contributed by atoms with E-state index in [0.717, 1.165) is 22.8 Å². The van der Waals surface area contributed by atoms with Crippen LogP contribution in [0.3, 0.4) is 0 Å². The van der Waals surface area contributed by atoms with Gasteiger partial charge in [-0.3, -0.25) is 9.59 Å². The molecule has 1 aliphatic heterocycles. The van der Waals surface area contributed by atoms with E-state index < -0.39 is 0 Å². The monoisotopic (exact) mass is 422 g/mol. The zero-order chi connectivity index (χ0) is 22.1. The molecule has 31 heavy (non-hydrogen) atoms. The van der Waals surface area contributed by atoms with Crippen molar-refractivity contribution in [3.63, 3.8) is 0 Å². The summed E-state index contributed by atoms with van der Waals surface area (Å²) in [4.78, 5) is 29.3. The molecule has 162 valence electrons. The third kappa shape index (κ3) is 3.93. The van der Waals surface area contributed by atoms with E-state index in [9.17, 15) is 9.59 Å². The lowest BCUT2D eigenvalue weighted by molar-refractivity contribution is 0.0512. The van der Waals surface area contributed by atoms with Crippen molar-refractivity contribution in [1.82, 2.24) is 19.5 Å². The lowest BCUT2D eigenvalue weighted by Crippen LogP contribution is -2.50. The summed E-state index contributed by atoms with van der Waals surface area (Å²) in [5.41, 5.74) is 4.21. The first-order chi connectivity index (χ1) is 14.9. The van der Waals surface area contributed by atoms with Crippen molar-refractivity contribution >= 4 is 11.8 Å². The highest BCUT2D eigenvalue weighted by atomic mass is 16.5. The van der Waals surface area contributed by atoms with Crippen LogP contribution in [0.5, 0.6) is 5.75 Å². The van der Waals surface area contributed by atoms with Crippen LogP contribution < -0.4 is 4.74 Å². The molecular weight excluding hydrogens is 396 g/mol. The molecule has 1 aromatic carbocycles. The number of amides is 2. The number of methoxy groups -OCH3 is 1. The van der Waals surface area contributed by atoms with E-state index in [1.165, 1.54) is 0 Å². The standard InChI is InChI=1S/C23H26N4O4/c1-15-13-21(31-24-15)23(29)26-11-9-25(10-12-26)22(28)20-14-16(2)27(17(20)3)18-5-7-19(30-4)8-6-18/h5-8,13-14H,9-12H2,1-4H3. The van der Waals surface area contributed by atoms with Crippen LogP contribution in [0.2, 0.25) is 0 Å². The van der Waals surface area contributed by atoms with Crippen molar-refractivity contribution in [2.45, 2.75) is 20.8 Å². The van der Waals surface area contributed by atoms with Gasteiger partial charge in [0.2, 0.25) is 5.76 Å². The molecule has 0 N–H and O–H groups in total. The Morgan fingerprint density at radius 3 is 2.10 bits per heavy atom. The van der Waals surface area contributed by atoms with Gasteiger partial charge in [-0.1, -0.05) is 5.16 Å². The molecule has 0 unspecified atom stereocenters. The van der Waals surface area contributed by atoms with E-state index in [4.69, 9.17) is 9.26 Å². The highest BCUT2D eigenvalue weighted by Gasteiger charge is 2.29. The van der Waals surface area contributed by atoms with Crippen molar-refractivity contribution in [3.05, 3.63) is 64.8 Å². The zero-order valence-corrected chi connectivity index (χ0v) is 18.2. The Kier molecular flexibility index (Phi) is 5.54. The van der Waals surface area contributed by atoms with Gasteiger partial charge in [-0.05, 0) is 51.1 Å². The molecule has 0 spiro atoms. The molecule has 0 saturated carbocycles. The molecule has 1 fully saturated rings. The van der Waals surface area contributed by atoms with Crippen LogP contribution in [0.4, 0.5) is 0 Å². The predicted molar refractivity (Wildman–Crippen MR) is 115 cm³/mol. The Morgan fingerprint density at radius 1 is 0.935 bits per heavy atom. The first kappa shape index (κ1) is 20.7. The van der Waals surface area contributed by atoms with Crippen molar-refractivity contribution in [1.29, 1.82) is 0 Å². The summed E-state index contributed by atoms with van der Waals surface area (Å²) in [6.07, 6.45) is 0. The SMILES string of the molecule is COc1ccc(-n2c(C)cc(C(=O)N3CCN(C(=O)c4cc(C)no4)CC3)c2C)cc1. The Labute approximate surface area is 181 Å². The molecule has 1 saturated heterocycles. The van der Waals surface area contributed by atoms with Gasteiger partial charge in [0.25, 0.3) is 11.8 Å². The summed E-state index contributed by atoms with van der Waals surface area (Å²) in [6, 6.07) is 11.3. The van der Waals surface area contributed by atoms with Gasteiger partial charge in [-0.15, -0.1) is 0 Å². The minimum Gasteiger partial charge on any atom is -0.497 e. The van der Waals surface area contributed by atoms with Gasteiger partial charge in [0.05, 0.1) is 18.4 Å². The average molecular weight is 422 g/mol. The number of aromatic nitrogens is 2. The second kappa shape index (κ2) is 8.29. The second-order valence-corrected chi connectivity index (χ2v) is 7.74. The molecule has 2 amide bonds. The largest absolute Gasteiger partial charge is 0.497 e. The summed E-state index contributed by atoms with van der Waals surface area (Å²) in [7, 11) is 1.64. The summed E-state index contributed by atoms with van der Waals surface area (Å²) in [6.45, 7) is 7.59. The van der Waals surface area contributed by atoms with Gasteiger partial charge in [0, 0.05) is 49.3 Å². The zero-order valence-electron chi connectivity index (χ0n) is 18.2. The van der Waals surface area contributed by atoms with Crippen LogP contribution in [0.1, 0.15) is 38.0 Å². The maximum atomic E-state index is 13.2. The Hall–Kier alpha value is -3.55. The van der Waals surface area contributed by atoms with Crippen LogP contribution in [0, 0.1) is 20.8 Å². The highest BCUT2D eigenvalue weighted by molar-refractivity contribution is 5.96. The lowest BCUT2D eigenvalue weighted by Gasteiger charge is -2.34. The number of aryl methyl sites for hydroxylation is 2. The molecule has 1 aliphatic rings. The van der Waals surface area contributed by atoms with Crippen molar-refractivity contribution < 1.29 is 18.8 Å². The predicted octanol–water partition coefficient (Wildman–Crippen LogP) is 3.00. The summed E-state index contributed by atoms with van der Waals surface area (Å²) < 4.78 is 12.4. The molecule has 3 heterocycles. The first-order valence-corrected chi connectivity index (χ1v) is 10.2. The van der Waals surface area contributed by atoms with Crippen molar-refractivity contribution in [2.75, 3.05) is 33.3 Å². The fraction of sp³-hybridized carbons (Fsp3) is 0.348.